The molecule has 0 amide bonds. The van der Waals surface area contributed by atoms with Gasteiger partial charge in [0.15, 0.2) is 0 Å². The topological polar surface area (TPSA) is 43.1 Å². The van der Waals surface area contributed by atoms with Gasteiger partial charge in [0.1, 0.15) is 0 Å². The average molecular weight is 272 g/mol. The Morgan fingerprint density at radius 2 is 2.00 bits per heavy atom. The lowest BCUT2D eigenvalue weighted by Gasteiger charge is -2.14. The van der Waals surface area contributed by atoms with E-state index in [-0.39, 0.29) is 17.3 Å². The van der Waals surface area contributed by atoms with Crippen LogP contribution in [0.15, 0.2) is 21.8 Å². The highest BCUT2D eigenvalue weighted by molar-refractivity contribution is 9.11. The molecule has 14 heavy (non-hydrogen) atoms. The van der Waals surface area contributed by atoms with Crippen molar-refractivity contribution < 1.29 is 18.1 Å². The predicted octanol–water partition coefficient (Wildman–Crippen LogP) is 3.15. The lowest BCUT2D eigenvalue weighted by atomic mass is 10.0. The van der Waals surface area contributed by atoms with E-state index >= 15 is 0 Å². The molecule has 0 bridgehead atoms. The Morgan fingerprint density at radius 3 is 2.43 bits per heavy atom. The Kier molecular flexibility index (Phi) is 2.98. The second kappa shape index (κ2) is 3.72. The molecule has 3 nitrogen and oxygen atoms in total. The fourth-order valence-corrected chi connectivity index (χ4v) is 1.61. The van der Waals surface area contributed by atoms with Crippen molar-refractivity contribution in [3.63, 3.8) is 0 Å². The van der Waals surface area contributed by atoms with Crippen molar-refractivity contribution in [3.05, 3.63) is 31.9 Å². The maximum Gasteiger partial charge on any atom is 0.417 e. The van der Waals surface area contributed by atoms with E-state index in [1.54, 1.807) is 0 Å². The van der Waals surface area contributed by atoms with Crippen molar-refractivity contribution in [3.8, 4) is 0 Å². The number of rotatable bonds is 1. The Bertz CT molecular complexity index is 332. The first-order valence-corrected chi connectivity index (χ1v) is 4.42. The smallest absolute Gasteiger partial charge is 0.259 e. The molecule has 0 fully saturated rings. The van der Waals surface area contributed by atoms with Gasteiger partial charge in [0.25, 0.3) is 0 Å². The standard InChI is InChI=1S/C7H5BrF3NO2/c8-6-2-1-4(12(13)14)3-5(6)7(9,10)11/h3H,1-2H2. The van der Waals surface area contributed by atoms with Gasteiger partial charge in [-0.2, -0.15) is 13.2 Å². The molecule has 0 unspecified atom stereocenters. The summed E-state index contributed by atoms with van der Waals surface area (Å²) in [7, 11) is 0. The normalized spacial score (nSPS) is 18.1. The molecular formula is C7H5BrF3NO2. The molecule has 78 valence electrons. The first-order chi connectivity index (χ1) is 6.32. The molecule has 1 aliphatic rings. The number of halogens is 4. The Hall–Kier alpha value is -0.850. The van der Waals surface area contributed by atoms with E-state index in [2.05, 4.69) is 15.9 Å². The molecule has 0 N–H and O–H groups in total. The third kappa shape index (κ3) is 2.34. The molecule has 7 heteroatoms. The van der Waals surface area contributed by atoms with Crippen molar-refractivity contribution >= 4 is 15.9 Å². The van der Waals surface area contributed by atoms with E-state index in [9.17, 15) is 23.3 Å². The molecule has 0 radical (unpaired) electrons. The largest absolute Gasteiger partial charge is 0.417 e. The molecule has 0 aliphatic heterocycles. The number of hydrogen-bond donors (Lipinski definition) is 0. The number of alkyl halides is 3. The SMILES string of the molecule is O=[N+]([O-])C1=CC(C(F)(F)F)=C(Br)CC1. The fourth-order valence-electron chi connectivity index (χ4n) is 1.07. The summed E-state index contributed by atoms with van der Waals surface area (Å²) >= 11 is 2.76. The van der Waals surface area contributed by atoms with Gasteiger partial charge in [0, 0.05) is 17.0 Å². The van der Waals surface area contributed by atoms with E-state index in [1.807, 2.05) is 0 Å². The summed E-state index contributed by atoms with van der Waals surface area (Å²) < 4.78 is 36.8. The van der Waals surface area contributed by atoms with Crippen LogP contribution in [0.25, 0.3) is 0 Å². The highest BCUT2D eigenvalue weighted by Crippen LogP contribution is 2.38. The fraction of sp³-hybridized carbons (Fsp3) is 0.429. The van der Waals surface area contributed by atoms with Crippen LogP contribution in [0, 0.1) is 10.1 Å². The summed E-state index contributed by atoms with van der Waals surface area (Å²) in [6.45, 7) is 0. The minimum absolute atomic E-state index is 0.0155. The molecule has 1 aliphatic carbocycles. The summed E-state index contributed by atoms with van der Waals surface area (Å²) in [6.07, 6.45) is -3.93. The van der Waals surface area contributed by atoms with Crippen LogP contribution in [-0.2, 0) is 0 Å². The van der Waals surface area contributed by atoms with Gasteiger partial charge in [-0.1, -0.05) is 15.9 Å². The second-order valence-corrected chi connectivity index (χ2v) is 3.67. The number of hydrogen-bond acceptors (Lipinski definition) is 2. The van der Waals surface area contributed by atoms with Crippen molar-refractivity contribution in [1.82, 2.24) is 0 Å². The summed E-state index contributed by atoms with van der Waals surface area (Å²) in [4.78, 5) is 9.48. The lowest BCUT2D eigenvalue weighted by molar-refractivity contribution is -0.428. The molecule has 0 aromatic heterocycles. The molecule has 0 saturated carbocycles. The van der Waals surface area contributed by atoms with E-state index in [0.717, 1.165) is 0 Å². The van der Waals surface area contributed by atoms with Crippen molar-refractivity contribution in [2.75, 3.05) is 0 Å². The molecule has 0 aromatic carbocycles. The summed E-state index contributed by atoms with van der Waals surface area (Å²) in [5, 5.41) is 10.3. The molecule has 0 spiro atoms. The van der Waals surface area contributed by atoms with Crippen LogP contribution >= 0.6 is 15.9 Å². The highest BCUT2D eigenvalue weighted by atomic mass is 79.9. The van der Waals surface area contributed by atoms with E-state index < -0.39 is 22.4 Å². The third-order valence-corrected chi connectivity index (χ3v) is 2.57. The molecule has 0 atom stereocenters. The van der Waals surface area contributed by atoms with Crippen LogP contribution in [-0.4, -0.2) is 11.1 Å². The van der Waals surface area contributed by atoms with Gasteiger partial charge < -0.3 is 0 Å². The first kappa shape index (κ1) is 11.2. The summed E-state index contributed by atoms with van der Waals surface area (Å²) in [5.74, 6) is 0. The van der Waals surface area contributed by atoms with Crippen molar-refractivity contribution in [2.45, 2.75) is 19.0 Å². The van der Waals surface area contributed by atoms with Crippen molar-refractivity contribution in [2.24, 2.45) is 0 Å². The molecule has 0 aromatic rings. The van der Waals surface area contributed by atoms with Gasteiger partial charge in [-0.15, -0.1) is 0 Å². The van der Waals surface area contributed by atoms with Crippen LogP contribution in [0.3, 0.4) is 0 Å². The highest BCUT2D eigenvalue weighted by Gasteiger charge is 2.38. The lowest BCUT2D eigenvalue weighted by Crippen LogP contribution is -2.16. The maximum absolute atomic E-state index is 12.3. The number of nitro groups is 1. The monoisotopic (exact) mass is 271 g/mol. The zero-order valence-corrected chi connectivity index (χ0v) is 8.35. The van der Waals surface area contributed by atoms with Gasteiger partial charge in [-0.3, -0.25) is 10.1 Å². The molecular weight excluding hydrogens is 267 g/mol. The Balaban J connectivity index is 3.09. The Labute approximate surface area is 85.6 Å². The van der Waals surface area contributed by atoms with Gasteiger partial charge in [0.2, 0.25) is 5.70 Å². The van der Waals surface area contributed by atoms with E-state index in [1.165, 1.54) is 0 Å². The average Bonchev–Trinajstić information content (AvgIpc) is 2.02. The van der Waals surface area contributed by atoms with E-state index in [0.29, 0.717) is 6.08 Å². The van der Waals surface area contributed by atoms with Crippen molar-refractivity contribution in [1.29, 1.82) is 0 Å². The van der Waals surface area contributed by atoms with Gasteiger partial charge >= 0.3 is 6.18 Å². The molecule has 0 saturated heterocycles. The number of nitrogens with zero attached hydrogens (tertiary/aromatic N) is 1. The second-order valence-electron chi connectivity index (χ2n) is 2.71. The minimum atomic E-state index is -4.54. The third-order valence-electron chi connectivity index (χ3n) is 1.74. The predicted molar refractivity (Wildman–Crippen MR) is 46.3 cm³/mol. The van der Waals surface area contributed by atoms with Crippen LogP contribution in [0.4, 0.5) is 13.2 Å². The zero-order chi connectivity index (χ0) is 10.9. The maximum atomic E-state index is 12.3. The first-order valence-electron chi connectivity index (χ1n) is 3.63. The summed E-state index contributed by atoms with van der Waals surface area (Å²) in [6, 6.07) is 0. The van der Waals surface area contributed by atoms with Crippen LogP contribution in [0.2, 0.25) is 0 Å². The van der Waals surface area contributed by atoms with Gasteiger partial charge in [-0.25, -0.2) is 0 Å². The number of allylic oxidation sites excluding steroid dienone is 4. The van der Waals surface area contributed by atoms with E-state index in [4.69, 9.17) is 0 Å². The summed E-state index contributed by atoms with van der Waals surface area (Å²) in [5.41, 5.74) is -1.36. The Morgan fingerprint density at radius 1 is 1.43 bits per heavy atom. The molecule has 0 heterocycles. The zero-order valence-electron chi connectivity index (χ0n) is 6.77. The van der Waals surface area contributed by atoms with Crippen LogP contribution in [0.5, 0.6) is 0 Å². The quantitative estimate of drug-likeness (QED) is 0.543. The van der Waals surface area contributed by atoms with Crippen LogP contribution in [0.1, 0.15) is 12.8 Å². The molecule has 1 rings (SSSR count). The van der Waals surface area contributed by atoms with Crippen LogP contribution < -0.4 is 0 Å². The minimum Gasteiger partial charge on any atom is -0.259 e. The van der Waals surface area contributed by atoms with Gasteiger partial charge in [-0.05, 0) is 6.42 Å². The van der Waals surface area contributed by atoms with Gasteiger partial charge in [0.05, 0.1) is 10.5 Å².